The van der Waals surface area contributed by atoms with E-state index >= 15 is 0 Å². The van der Waals surface area contributed by atoms with E-state index in [4.69, 9.17) is 4.74 Å². The molecule has 0 amide bonds. The van der Waals surface area contributed by atoms with E-state index in [-0.39, 0.29) is 5.41 Å². The second-order valence-electron chi connectivity index (χ2n) is 7.54. The molecule has 2 aromatic rings. The van der Waals surface area contributed by atoms with E-state index in [1.807, 2.05) is 12.4 Å². The molecule has 6 nitrogen and oxygen atoms in total. The molecule has 7 heteroatoms. The van der Waals surface area contributed by atoms with Crippen LogP contribution in [0.25, 0.3) is 0 Å². The molecule has 1 atom stereocenters. The number of ether oxygens (including phenoxy) is 1. The molecule has 4 rings (SSSR count). The summed E-state index contributed by atoms with van der Waals surface area (Å²) < 4.78 is 8.12. The summed E-state index contributed by atoms with van der Waals surface area (Å²) in [6.07, 6.45) is 5.10. The monoisotopic (exact) mass is 361 g/mol. The third kappa shape index (κ3) is 3.95. The van der Waals surface area contributed by atoms with Gasteiger partial charge in [-0.25, -0.2) is 9.97 Å². The van der Waals surface area contributed by atoms with Crippen LogP contribution in [-0.2, 0) is 24.9 Å². The number of imidazole rings is 1. The van der Waals surface area contributed by atoms with Gasteiger partial charge in [0.1, 0.15) is 5.82 Å². The second kappa shape index (κ2) is 7.15. The number of rotatable bonds is 4. The van der Waals surface area contributed by atoms with E-state index < -0.39 is 0 Å². The predicted molar refractivity (Wildman–Crippen MR) is 98.5 cm³/mol. The molecule has 0 bridgehead atoms. The van der Waals surface area contributed by atoms with Gasteiger partial charge in [0.05, 0.1) is 30.5 Å². The Balaban J connectivity index is 1.41. The van der Waals surface area contributed by atoms with Crippen molar-refractivity contribution < 1.29 is 4.74 Å². The highest BCUT2D eigenvalue weighted by Crippen LogP contribution is 2.34. The van der Waals surface area contributed by atoms with Crippen LogP contribution in [0.2, 0.25) is 0 Å². The molecule has 0 aliphatic carbocycles. The smallest absolute Gasteiger partial charge is 0.122 e. The SMILES string of the molecule is Cc1nc(CN2CCOC[C@]3(CCN(Cc4nccn4C)C3)C2)cs1. The Morgan fingerprint density at radius 3 is 2.80 bits per heavy atom. The second-order valence-corrected chi connectivity index (χ2v) is 8.60. The molecule has 0 radical (unpaired) electrons. The van der Waals surface area contributed by atoms with Crippen molar-refractivity contribution in [2.75, 3.05) is 39.4 Å². The Morgan fingerprint density at radius 1 is 1.24 bits per heavy atom. The highest BCUT2D eigenvalue weighted by atomic mass is 32.1. The Morgan fingerprint density at radius 2 is 2.08 bits per heavy atom. The number of likely N-dealkylation sites (tertiary alicyclic amines) is 1. The maximum absolute atomic E-state index is 6.01. The van der Waals surface area contributed by atoms with Crippen molar-refractivity contribution in [3.8, 4) is 0 Å². The molecule has 25 heavy (non-hydrogen) atoms. The fourth-order valence-electron chi connectivity index (χ4n) is 4.08. The summed E-state index contributed by atoms with van der Waals surface area (Å²) in [5.74, 6) is 1.14. The Bertz CT molecular complexity index is 714. The lowest BCUT2D eigenvalue weighted by molar-refractivity contribution is 0.0703. The molecular formula is C18H27N5OS. The number of nitrogens with zero attached hydrogens (tertiary/aromatic N) is 5. The van der Waals surface area contributed by atoms with Crippen LogP contribution in [0.4, 0.5) is 0 Å². The first-order valence-corrected chi connectivity index (χ1v) is 9.90. The van der Waals surface area contributed by atoms with Gasteiger partial charge in [-0.05, 0) is 19.9 Å². The minimum Gasteiger partial charge on any atom is -0.379 e. The number of hydrogen-bond donors (Lipinski definition) is 0. The Kier molecular flexibility index (Phi) is 4.90. The van der Waals surface area contributed by atoms with E-state index in [9.17, 15) is 0 Å². The van der Waals surface area contributed by atoms with Crippen LogP contribution in [-0.4, -0.2) is 63.7 Å². The number of aryl methyl sites for hydroxylation is 2. The van der Waals surface area contributed by atoms with E-state index in [0.717, 1.165) is 63.3 Å². The normalized spacial score (nSPS) is 25.7. The summed E-state index contributed by atoms with van der Waals surface area (Å²) >= 11 is 1.74. The van der Waals surface area contributed by atoms with Gasteiger partial charge in [0.25, 0.3) is 0 Å². The number of thiazole rings is 1. The van der Waals surface area contributed by atoms with E-state index in [1.54, 1.807) is 11.3 Å². The van der Waals surface area contributed by atoms with Crippen molar-refractivity contribution in [1.29, 1.82) is 0 Å². The maximum atomic E-state index is 6.01. The van der Waals surface area contributed by atoms with Crippen LogP contribution in [0, 0.1) is 12.3 Å². The molecule has 2 aromatic heterocycles. The summed E-state index contributed by atoms with van der Waals surface area (Å²) in [6.45, 7) is 9.95. The third-order valence-electron chi connectivity index (χ3n) is 5.37. The topological polar surface area (TPSA) is 46.4 Å². The van der Waals surface area contributed by atoms with Crippen molar-refractivity contribution in [2.24, 2.45) is 12.5 Å². The van der Waals surface area contributed by atoms with Crippen LogP contribution in [0.1, 0.15) is 22.9 Å². The molecule has 0 unspecified atom stereocenters. The maximum Gasteiger partial charge on any atom is 0.122 e. The Hall–Kier alpha value is -1.28. The molecule has 1 spiro atoms. The van der Waals surface area contributed by atoms with Gasteiger partial charge >= 0.3 is 0 Å². The average molecular weight is 362 g/mol. The summed E-state index contributed by atoms with van der Waals surface area (Å²) in [6, 6.07) is 0. The lowest BCUT2D eigenvalue weighted by atomic mass is 9.87. The lowest BCUT2D eigenvalue weighted by Crippen LogP contribution is -2.40. The van der Waals surface area contributed by atoms with Gasteiger partial charge in [0.2, 0.25) is 0 Å². The average Bonchev–Trinajstić information content (AvgIpc) is 3.23. The molecule has 136 valence electrons. The first-order chi connectivity index (χ1) is 12.1. The quantitative estimate of drug-likeness (QED) is 0.832. The van der Waals surface area contributed by atoms with Gasteiger partial charge < -0.3 is 9.30 Å². The molecule has 0 N–H and O–H groups in total. The fraction of sp³-hybridized carbons (Fsp3) is 0.667. The van der Waals surface area contributed by atoms with Crippen LogP contribution < -0.4 is 0 Å². The number of aromatic nitrogens is 3. The van der Waals surface area contributed by atoms with E-state index in [1.165, 1.54) is 12.1 Å². The first-order valence-electron chi connectivity index (χ1n) is 9.02. The molecular weight excluding hydrogens is 334 g/mol. The van der Waals surface area contributed by atoms with Crippen LogP contribution in [0.5, 0.6) is 0 Å². The standard InChI is InChI=1S/C18H27N5OS/c1-15-20-16(11-25-15)9-23-7-8-24-14-18(13-23)3-5-22(12-18)10-17-19-4-6-21(17)2/h4,6,11H,3,5,7-10,12-14H2,1-2H3/t18-/m0/s1. The molecule has 2 saturated heterocycles. The van der Waals surface area contributed by atoms with Crippen molar-refractivity contribution in [3.05, 3.63) is 34.3 Å². The molecule has 2 aliphatic heterocycles. The van der Waals surface area contributed by atoms with E-state index in [0.29, 0.717) is 0 Å². The molecule has 4 heterocycles. The summed E-state index contributed by atoms with van der Waals surface area (Å²) in [5, 5.41) is 3.34. The van der Waals surface area contributed by atoms with Gasteiger partial charge in [0, 0.05) is 56.4 Å². The van der Waals surface area contributed by atoms with Gasteiger partial charge in [0.15, 0.2) is 0 Å². The highest BCUT2D eigenvalue weighted by molar-refractivity contribution is 7.09. The predicted octanol–water partition coefficient (Wildman–Crippen LogP) is 1.91. The van der Waals surface area contributed by atoms with Crippen molar-refractivity contribution >= 4 is 11.3 Å². The van der Waals surface area contributed by atoms with Crippen LogP contribution in [0.15, 0.2) is 17.8 Å². The lowest BCUT2D eigenvalue weighted by Gasteiger charge is -2.31. The zero-order valence-electron chi connectivity index (χ0n) is 15.1. The van der Waals surface area contributed by atoms with Crippen molar-refractivity contribution in [2.45, 2.75) is 26.4 Å². The first kappa shape index (κ1) is 17.1. The zero-order valence-corrected chi connectivity index (χ0v) is 16.0. The van der Waals surface area contributed by atoms with Gasteiger partial charge in [-0.15, -0.1) is 11.3 Å². The van der Waals surface area contributed by atoms with E-state index in [2.05, 4.69) is 43.7 Å². The highest BCUT2D eigenvalue weighted by Gasteiger charge is 2.41. The molecule has 2 fully saturated rings. The Labute approximate surface area is 153 Å². The zero-order chi connectivity index (χ0) is 17.3. The number of hydrogen-bond acceptors (Lipinski definition) is 6. The summed E-state index contributed by atoms with van der Waals surface area (Å²) in [5.41, 5.74) is 1.44. The minimum absolute atomic E-state index is 0.243. The van der Waals surface area contributed by atoms with Gasteiger partial charge in [-0.3, -0.25) is 9.80 Å². The van der Waals surface area contributed by atoms with Crippen molar-refractivity contribution in [1.82, 2.24) is 24.3 Å². The van der Waals surface area contributed by atoms with Crippen LogP contribution in [0.3, 0.4) is 0 Å². The minimum atomic E-state index is 0.243. The summed E-state index contributed by atoms with van der Waals surface area (Å²) in [4.78, 5) is 14.2. The largest absolute Gasteiger partial charge is 0.379 e. The van der Waals surface area contributed by atoms with Crippen LogP contribution >= 0.6 is 11.3 Å². The summed E-state index contributed by atoms with van der Waals surface area (Å²) in [7, 11) is 2.07. The van der Waals surface area contributed by atoms with Gasteiger partial charge in [-0.2, -0.15) is 0 Å². The molecule has 0 aromatic carbocycles. The van der Waals surface area contributed by atoms with Gasteiger partial charge in [-0.1, -0.05) is 0 Å². The molecule has 0 saturated carbocycles. The third-order valence-corrected chi connectivity index (χ3v) is 6.20. The molecule has 2 aliphatic rings. The fourth-order valence-corrected chi connectivity index (χ4v) is 4.69. The van der Waals surface area contributed by atoms with Crippen molar-refractivity contribution in [3.63, 3.8) is 0 Å².